The Balaban J connectivity index is 2.08. The molecule has 1 fully saturated rings. The second-order valence-corrected chi connectivity index (χ2v) is 5.15. The van der Waals surface area contributed by atoms with Gasteiger partial charge in [0.2, 0.25) is 0 Å². The van der Waals surface area contributed by atoms with Crippen LogP contribution in [-0.4, -0.2) is 49.0 Å². The van der Waals surface area contributed by atoms with Gasteiger partial charge in [0.25, 0.3) is 0 Å². The molecule has 104 valence electrons. The fourth-order valence-electron chi connectivity index (χ4n) is 2.57. The SMILES string of the molecule is CN=C([O-])N(Cc1ccccc1)C1CCN(C)CC1. The minimum atomic E-state index is -0.0987. The molecule has 0 atom stereocenters. The van der Waals surface area contributed by atoms with Crippen molar-refractivity contribution >= 4 is 6.02 Å². The fraction of sp³-hybridized carbons (Fsp3) is 0.533. The Morgan fingerprint density at radius 3 is 2.53 bits per heavy atom. The zero-order valence-corrected chi connectivity index (χ0v) is 11.7. The van der Waals surface area contributed by atoms with Gasteiger partial charge in [-0.15, -0.1) is 0 Å². The van der Waals surface area contributed by atoms with Gasteiger partial charge in [0.05, 0.1) is 6.02 Å². The van der Waals surface area contributed by atoms with E-state index >= 15 is 0 Å². The van der Waals surface area contributed by atoms with Gasteiger partial charge in [-0.3, -0.25) is 4.99 Å². The molecule has 1 heterocycles. The maximum atomic E-state index is 12.0. The molecule has 0 bridgehead atoms. The molecule has 0 spiro atoms. The molecule has 4 nitrogen and oxygen atoms in total. The normalized spacial score (nSPS) is 18.5. The maximum absolute atomic E-state index is 12.0. The van der Waals surface area contributed by atoms with Crippen LogP contribution in [0.25, 0.3) is 0 Å². The van der Waals surface area contributed by atoms with Gasteiger partial charge >= 0.3 is 0 Å². The predicted octanol–water partition coefficient (Wildman–Crippen LogP) is 0.929. The van der Waals surface area contributed by atoms with Crippen molar-refractivity contribution in [3.05, 3.63) is 35.9 Å². The third-order valence-electron chi connectivity index (χ3n) is 3.76. The second kappa shape index (κ2) is 6.57. The van der Waals surface area contributed by atoms with E-state index in [4.69, 9.17) is 0 Å². The Labute approximate surface area is 115 Å². The molecule has 0 unspecified atom stereocenters. The van der Waals surface area contributed by atoms with Crippen LogP contribution >= 0.6 is 0 Å². The van der Waals surface area contributed by atoms with E-state index in [0.29, 0.717) is 12.6 Å². The lowest BCUT2D eigenvalue weighted by Gasteiger charge is -2.41. The number of piperidine rings is 1. The highest BCUT2D eigenvalue weighted by Gasteiger charge is 2.22. The molecule has 2 rings (SSSR count). The lowest BCUT2D eigenvalue weighted by Crippen LogP contribution is -2.50. The van der Waals surface area contributed by atoms with Crippen LogP contribution < -0.4 is 5.11 Å². The Hall–Kier alpha value is -1.55. The molecular weight excluding hydrogens is 238 g/mol. The van der Waals surface area contributed by atoms with Crippen LogP contribution in [0.5, 0.6) is 0 Å². The largest absolute Gasteiger partial charge is 0.846 e. The van der Waals surface area contributed by atoms with Gasteiger partial charge in [-0.1, -0.05) is 30.3 Å². The van der Waals surface area contributed by atoms with Gasteiger partial charge in [0.15, 0.2) is 0 Å². The molecule has 0 aliphatic carbocycles. The average Bonchev–Trinajstić information content (AvgIpc) is 2.46. The Kier molecular flexibility index (Phi) is 4.80. The molecule has 0 radical (unpaired) electrons. The van der Waals surface area contributed by atoms with Crippen molar-refractivity contribution < 1.29 is 5.11 Å². The number of nitrogens with zero attached hydrogens (tertiary/aromatic N) is 3. The van der Waals surface area contributed by atoms with Crippen molar-refractivity contribution in [3.8, 4) is 0 Å². The highest BCUT2D eigenvalue weighted by molar-refractivity contribution is 5.69. The van der Waals surface area contributed by atoms with Crippen LogP contribution in [0.4, 0.5) is 0 Å². The van der Waals surface area contributed by atoms with E-state index in [2.05, 4.69) is 29.1 Å². The number of amidine groups is 1. The molecule has 1 saturated heterocycles. The maximum Gasteiger partial charge on any atom is 0.0501 e. The van der Waals surface area contributed by atoms with Crippen molar-refractivity contribution in [1.29, 1.82) is 0 Å². The van der Waals surface area contributed by atoms with Gasteiger partial charge in [-0.05, 0) is 38.5 Å². The molecule has 19 heavy (non-hydrogen) atoms. The van der Waals surface area contributed by atoms with Crippen LogP contribution in [0.1, 0.15) is 18.4 Å². The first kappa shape index (κ1) is 13.9. The number of rotatable bonds is 3. The van der Waals surface area contributed by atoms with E-state index < -0.39 is 0 Å². The number of likely N-dealkylation sites (tertiary alicyclic amines) is 1. The van der Waals surface area contributed by atoms with Crippen molar-refractivity contribution in [2.75, 3.05) is 27.2 Å². The number of aliphatic imine (C=N–C) groups is 1. The van der Waals surface area contributed by atoms with Crippen molar-refractivity contribution in [1.82, 2.24) is 9.80 Å². The lowest BCUT2D eigenvalue weighted by molar-refractivity contribution is -0.239. The third kappa shape index (κ3) is 3.70. The summed E-state index contributed by atoms with van der Waals surface area (Å²) in [7, 11) is 3.71. The monoisotopic (exact) mass is 260 g/mol. The Bertz CT molecular complexity index is 411. The van der Waals surface area contributed by atoms with E-state index in [9.17, 15) is 5.11 Å². The summed E-state index contributed by atoms with van der Waals surface area (Å²) in [5.74, 6) is 0. The van der Waals surface area contributed by atoms with E-state index in [0.717, 1.165) is 25.9 Å². The predicted molar refractivity (Wildman–Crippen MR) is 75.9 cm³/mol. The second-order valence-electron chi connectivity index (χ2n) is 5.15. The minimum Gasteiger partial charge on any atom is -0.846 e. The molecule has 4 heteroatoms. The van der Waals surface area contributed by atoms with Gasteiger partial charge in [0, 0.05) is 19.6 Å². The lowest BCUT2D eigenvalue weighted by atomic mass is 10.0. The smallest absolute Gasteiger partial charge is 0.0501 e. The standard InChI is InChI=1S/C15H23N3O/c1-16-15(19)18(12-13-6-4-3-5-7-13)14-8-10-17(2)11-9-14/h3-7,14H,8-12H2,1-2H3,(H,16,19)/p-1. The molecule has 1 aliphatic rings. The van der Waals surface area contributed by atoms with E-state index in [1.54, 1.807) is 7.05 Å². The fourth-order valence-corrected chi connectivity index (χ4v) is 2.57. The summed E-state index contributed by atoms with van der Waals surface area (Å²) in [5.41, 5.74) is 1.17. The summed E-state index contributed by atoms with van der Waals surface area (Å²) in [4.78, 5) is 8.08. The first-order valence-electron chi connectivity index (χ1n) is 6.83. The molecular formula is C15H22N3O-. The highest BCUT2D eigenvalue weighted by Crippen LogP contribution is 2.18. The van der Waals surface area contributed by atoms with Gasteiger partial charge < -0.3 is 14.9 Å². The van der Waals surface area contributed by atoms with Gasteiger partial charge in [0.1, 0.15) is 0 Å². The summed E-state index contributed by atoms with van der Waals surface area (Å²) in [6.45, 7) is 2.76. The summed E-state index contributed by atoms with van der Waals surface area (Å²) in [6, 6.07) is 10.3. The van der Waals surface area contributed by atoms with Crippen LogP contribution in [0.15, 0.2) is 35.3 Å². The number of hydrogen-bond acceptors (Lipinski definition) is 3. The molecule has 1 aliphatic heterocycles. The van der Waals surface area contributed by atoms with E-state index in [1.165, 1.54) is 5.56 Å². The summed E-state index contributed by atoms with van der Waals surface area (Å²) < 4.78 is 0. The first-order chi connectivity index (χ1) is 9.20. The molecule has 0 N–H and O–H groups in total. The first-order valence-corrected chi connectivity index (χ1v) is 6.83. The van der Waals surface area contributed by atoms with E-state index in [-0.39, 0.29) is 6.02 Å². The summed E-state index contributed by atoms with van der Waals surface area (Å²) in [5, 5.41) is 12.0. The Morgan fingerprint density at radius 2 is 1.95 bits per heavy atom. The van der Waals surface area contributed by atoms with Crippen molar-refractivity contribution in [2.24, 2.45) is 4.99 Å². The highest BCUT2D eigenvalue weighted by atomic mass is 16.3. The van der Waals surface area contributed by atoms with Gasteiger partial charge in [-0.25, -0.2) is 0 Å². The zero-order chi connectivity index (χ0) is 13.7. The Morgan fingerprint density at radius 1 is 1.32 bits per heavy atom. The molecule has 0 saturated carbocycles. The quantitative estimate of drug-likeness (QED) is 0.600. The molecule has 1 aromatic rings. The van der Waals surface area contributed by atoms with Crippen LogP contribution in [0, 0.1) is 0 Å². The molecule has 0 amide bonds. The summed E-state index contributed by atoms with van der Waals surface area (Å²) in [6.07, 6.45) is 2.06. The summed E-state index contributed by atoms with van der Waals surface area (Å²) >= 11 is 0. The van der Waals surface area contributed by atoms with Crippen LogP contribution in [0.3, 0.4) is 0 Å². The van der Waals surface area contributed by atoms with Gasteiger partial charge in [-0.2, -0.15) is 0 Å². The topological polar surface area (TPSA) is 41.9 Å². The molecule has 0 aromatic heterocycles. The van der Waals surface area contributed by atoms with Crippen LogP contribution in [-0.2, 0) is 6.54 Å². The number of benzene rings is 1. The minimum absolute atomic E-state index is 0.0987. The van der Waals surface area contributed by atoms with Crippen LogP contribution in [0.2, 0.25) is 0 Å². The number of hydrogen-bond donors (Lipinski definition) is 0. The van der Waals surface area contributed by atoms with Crippen molar-refractivity contribution in [3.63, 3.8) is 0 Å². The zero-order valence-electron chi connectivity index (χ0n) is 11.7. The average molecular weight is 260 g/mol. The van der Waals surface area contributed by atoms with Crippen molar-refractivity contribution in [2.45, 2.75) is 25.4 Å². The van der Waals surface area contributed by atoms with E-state index in [1.807, 2.05) is 23.1 Å². The molecule has 1 aromatic carbocycles. The third-order valence-corrected chi connectivity index (χ3v) is 3.76.